The molecule has 0 unspecified atom stereocenters. The van der Waals surface area contributed by atoms with Crippen LogP contribution in [0.2, 0.25) is 0 Å². The zero-order valence-corrected chi connectivity index (χ0v) is 21.4. The molecular formula is C30H50NO+. The molecule has 0 heterocycles. The highest BCUT2D eigenvalue weighted by molar-refractivity contribution is 5.83. The third kappa shape index (κ3) is 9.94. The zero-order valence-electron chi connectivity index (χ0n) is 21.4. The second-order valence-corrected chi connectivity index (χ2v) is 9.61. The third-order valence-electron chi connectivity index (χ3n) is 7.53. The number of benzene rings is 2. The Morgan fingerprint density at radius 2 is 1.06 bits per heavy atom. The number of rotatable bonds is 19. The van der Waals surface area contributed by atoms with Gasteiger partial charge in [0.2, 0.25) is 0 Å². The van der Waals surface area contributed by atoms with Crippen LogP contribution in [0.25, 0.3) is 10.8 Å². The molecule has 0 amide bonds. The number of nitrogens with zero attached hydrogens (tertiary/aromatic N) is 1. The van der Waals surface area contributed by atoms with Crippen molar-refractivity contribution < 1.29 is 9.22 Å². The molecule has 0 fully saturated rings. The van der Waals surface area contributed by atoms with Crippen LogP contribution in [0.3, 0.4) is 0 Å². The predicted molar refractivity (Wildman–Crippen MR) is 142 cm³/mol. The summed E-state index contributed by atoms with van der Waals surface area (Å²) in [7, 11) is 0. The number of hydrogen-bond donors (Lipinski definition) is 0. The molecule has 0 aliphatic rings. The molecule has 0 aliphatic heterocycles. The first kappa shape index (κ1) is 26.7. The number of ether oxygens (including phenoxy) is 1. The summed E-state index contributed by atoms with van der Waals surface area (Å²) in [5.41, 5.74) is 0. The molecular weight excluding hydrogens is 390 g/mol. The molecule has 2 rings (SSSR count). The molecule has 32 heavy (non-hydrogen) atoms. The molecule has 2 aromatic carbocycles. The van der Waals surface area contributed by atoms with Crippen molar-refractivity contribution in [2.45, 2.75) is 97.8 Å². The molecule has 0 bridgehead atoms. The Balaban J connectivity index is 1.36. The van der Waals surface area contributed by atoms with Crippen LogP contribution in [0, 0.1) is 0 Å². The van der Waals surface area contributed by atoms with Crippen LogP contribution >= 0.6 is 0 Å². The van der Waals surface area contributed by atoms with Crippen molar-refractivity contribution >= 4 is 10.8 Å². The smallest absolute Gasteiger partial charge is 0.119 e. The summed E-state index contributed by atoms with van der Waals surface area (Å²) in [5.74, 6) is 1.00. The van der Waals surface area contributed by atoms with Gasteiger partial charge >= 0.3 is 0 Å². The quantitative estimate of drug-likeness (QED) is 0.157. The van der Waals surface area contributed by atoms with Crippen LogP contribution in [0.5, 0.6) is 5.75 Å². The van der Waals surface area contributed by atoms with Crippen molar-refractivity contribution in [3.63, 3.8) is 0 Å². The van der Waals surface area contributed by atoms with Crippen LogP contribution in [-0.4, -0.2) is 37.3 Å². The highest BCUT2D eigenvalue weighted by Crippen LogP contribution is 2.21. The maximum absolute atomic E-state index is 5.95. The number of hydrogen-bond acceptors (Lipinski definition) is 1. The van der Waals surface area contributed by atoms with E-state index in [1.54, 1.807) is 0 Å². The van der Waals surface area contributed by atoms with E-state index in [1.807, 2.05) is 0 Å². The van der Waals surface area contributed by atoms with Gasteiger partial charge in [0, 0.05) is 0 Å². The maximum atomic E-state index is 5.95. The van der Waals surface area contributed by atoms with E-state index in [1.165, 1.54) is 118 Å². The lowest BCUT2D eigenvalue weighted by atomic mass is 10.0. The topological polar surface area (TPSA) is 9.23 Å². The van der Waals surface area contributed by atoms with Gasteiger partial charge in [0.25, 0.3) is 0 Å². The van der Waals surface area contributed by atoms with E-state index in [-0.39, 0.29) is 0 Å². The van der Waals surface area contributed by atoms with E-state index in [0.29, 0.717) is 0 Å². The zero-order chi connectivity index (χ0) is 22.9. The van der Waals surface area contributed by atoms with Crippen molar-refractivity contribution in [2.75, 3.05) is 32.8 Å². The van der Waals surface area contributed by atoms with Crippen molar-refractivity contribution in [1.82, 2.24) is 0 Å². The van der Waals surface area contributed by atoms with Gasteiger partial charge in [-0.1, -0.05) is 88.1 Å². The Morgan fingerprint density at radius 3 is 1.62 bits per heavy atom. The Hall–Kier alpha value is -1.54. The number of unbranched alkanes of at least 4 members (excludes halogenated alkanes) is 11. The largest absolute Gasteiger partial charge is 0.494 e. The van der Waals surface area contributed by atoms with Gasteiger partial charge in [-0.2, -0.15) is 0 Å². The summed E-state index contributed by atoms with van der Waals surface area (Å²) >= 11 is 0. The molecule has 2 aromatic rings. The molecule has 0 saturated heterocycles. The summed E-state index contributed by atoms with van der Waals surface area (Å²) in [6, 6.07) is 14.9. The van der Waals surface area contributed by atoms with Gasteiger partial charge in [-0.05, 0) is 62.9 Å². The summed E-state index contributed by atoms with van der Waals surface area (Å²) in [6.45, 7) is 13.2. The lowest BCUT2D eigenvalue weighted by molar-refractivity contribution is -0.923. The molecule has 0 spiro atoms. The first-order valence-corrected chi connectivity index (χ1v) is 13.7. The van der Waals surface area contributed by atoms with Crippen molar-refractivity contribution in [3.8, 4) is 5.75 Å². The number of quaternary nitrogens is 1. The molecule has 2 nitrogen and oxygen atoms in total. The van der Waals surface area contributed by atoms with Gasteiger partial charge in [0.05, 0.1) is 32.8 Å². The highest BCUT2D eigenvalue weighted by Gasteiger charge is 2.19. The fourth-order valence-corrected chi connectivity index (χ4v) is 4.91. The standard InChI is InChI=1S/C30H50NO/c1-4-31(5-2,6-3)25-19-15-13-11-9-7-8-10-12-14-16-20-26-32-30-24-23-28-21-17-18-22-29(28)27-30/h17-18,21-24,27H,4-16,19-20,25-26H2,1-3H3/q+1. The Bertz CT molecular complexity index is 713. The average molecular weight is 441 g/mol. The van der Waals surface area contributed by atoms with Crippen molar-refractivity contribution in [3.05, 3.63) is 42.5 Å². The van der Waals surface area contributed by atoms with Crippen LogP contribution in [0.4, 0.5) is 0 Å². The van der Waals surface area contributed by atoms with Crippen LogP contribution in [0.15, 0.2) is 42.5 Å². The van der Waals surface area contributed by atoms with E-state index in [0.717, 1.165) is 12.4 Å². The van der Waals surface area contributed by atoms with Crippen LogP contribution in [-0.2, 0) is 0 Å². The first-order valence-electron chi connectivity index (χ1n) is 13.7. The lowest BCUT2D eigenvalue weighted by Gasteiger charge is -2.35. The van der Waals surface area contributed by atoms with E-state index in [4.69, 9.17) is 4.74 Å². The fourth-order valence-electron chi connectivity index (χ4n) is 4.91. The van der Waals surface area contributed by atoms with E-state index < -0.39 is 0 Å². The van der Waals surface area contributed by atoms with E-state index >= 15 is 0 Å². The molecule has 0 saturated carbocycles. The predicted octanol–water partition coefficient (Wildman–Crippen LogP) is 8.78. The van der Waals surface area contributed by atoms with E-state index in [9.17, 15) is 0 Å². The van der Waals surface area contributed by atoms with Crippen LogP contribution < -0.4 is 4.74 Å². The minimum Gasteiger partial charge on any atom is -0.494 e. The Kier molecular flexibility index (Phi) is 13.5. The summed E-state index contributed by atoms with van der Waals surface area (Å²) in [5, 5.41) is 2.54. The molecule has 0 N–H and O–H groups in total. The summed E-state index contributed by atoms with van der Waals surface area (Å²) < 4.78 is 7.27. The molecule has 0 aromatic heterocycles. The third-order valence-corrected chi connectivity index (χ3v) is 7.53. The number of fused-ring (bicyclic) bond motifs is 1. The lowest BCUT2D eigenvalue weighted by Crippen LogP contribution is -2.48. The van der Waals surface area contributed by atoms with Crippen molar-refractivity contribution in [1.29, 1.82) is 0 Å². The average Bonchev–Trinajstić information content (AvgIpc) is 2.84. The maximum Gasteiger partial charge on any atom is 0.119 e. The van der Waals surface area contributed by atoms with Gasteiger partial charge in [0.1, 0.15) is 5.75 Å². The second kappa shape index (κ2) is 16.1. The molecule has 180 valence electrons. The summed E-state index contributed by atoms with van der Waals surface area (Å²) in [6.07, 6.45) is 16.6. The van der Waals surface area contributed by atoms with Gasteiger partial charge in [0.15, 0.2) is 0 Å². The normalized spacial score (nSPS) is 11.8. The highest BCUT2D eigenvalue weighted by atomic mass is 16.5. The van der Waals surface area contributed by atoms with Gasteiger partial charge in [-0.25, -0.2) is 0 Å². The van der Waals surface area contributed by atoms with E-state index in [2.05, 4.69) is 63.2 Å². The minimum absolute atomic E-state index is 0.840. The Morgan fingerprint density at radius 1 is 0.562 bits per heavy atom. The van der Waals surface area contributed by atoms with Gasteiger partial charge < -0.3 is 9.22 Å². The van der Waals surface area contributed by atoms with Gasteiger partial charge in [-0.15, -0.1) is 0 Å². The van der Waals surface area contributed by atoms with Crippen molar-refractivity contribution in [2.24, 2.45) is 0 Å². The Labute approximate surface area is 198 Å². The monoisotopic (exact) mass is 440 g/mol. The molecule has 0 atom stereocenters. The van der Waals surface area contributed by atoms with Gasteiger partial charge in [-0.3, -0.25) is 0 Å². The second-order valence-electron chi connectivity index (χ2n) is 9.61. The molecule has 0 radical (unpaired) electrons. The van der Waals surface area contributed by atoms with Crippen LogP contribution in [0.1, 0.15) is 97.8 Å². The minimum atomic E-state index is 0.840. The fraction of sp³-hybridized carbons (Fsp3) is 0.667. The molecule has 2 heteroatoms. The SMILES string of the molecule is CC[N+](CC)(CC)CCCCCCCCCCCCCCOc1ccc2ccccc2c1. The molecule has 0 aliphatic carbocycles. The first-order chi connectivity index (χ1) is 15.7. The summed E-state index contributed by atoms with van der Waals surface area (Å²) in [4.78, 5) is 0.